The van der Waals surface area contributed by atoms with Crippen molar-refractivity contribution in [2.75, 3.05) is 0 Å². The van der Waals surface area contributed by atoms with Crippen LogP contribution in [0.4, 0.5) is 0 Å². The van der Waals surface area contributed by atoms with Gasteiger partial charge in [0.2, 0.25) is 0 Å². The van der Waals surface area contributed by atoms with E-state index in [0.29, 0.717) is 36.3 Å². The van der Waals surface area contributed by atoms with Crippen LogP contribution < -0.4 is 0 Å². The number of Topliss-reactive ketones (excluding diaryl/α,β-unsaturated/α-hetero) is 1. The van der Waals surface area contributed by atoms with E-state index in [0.717, 1.165) is 12.8 Å². The van der Waals surface area contributed by atoms with E-state index >= 15 is 0 Å². The van der Waals surface area contributed by atoms with E-state index in [2.05, 4.69) is 20.4 Å². The van der Waals surface area contributed by atoms with E-state index in [9.17, 15) is 4.79 Å². The van der Waals surface area contributed by atoms with Gasteiger partial charge >= 0.3 is 0 Å². The summed E-state index contributed by atoms with van der Waals surface area (Å²) in [6.07, 6.45) is 5.75. The third kappa shape index (κ3) is 2.23. The van der Waals surface area contributed by atoms with Crippen LogP contribution in [0.2, 0.25) is 0 Å². The lowest BCUT2D eigenvalue weighted by Crippen LogP contribution is -2.63. The molecule has 1 saturated heterocycles. The Morgan fingerprint density at radius 3 is 2.48 bits per heavy atom. The Labute approximate surface area is 162 Å². The van der Waals surface area contributed by atoms with Crippen molar-refractivity contribution < 1.29 is 14.3 Å². The first-order valence-corrected chi connectivity index (χ1v) is 10.7. The number of carbonyl (C=O) groups is 1. The van der Waals surface area contributed by atoms with Crippen LogP contribution in [-0.4, -0.2) is 29.5 Å². The molecule has 1 N–H and O–H groups in total. The molecule has 0 amide bonds. The third-order valence-electron chi connectivity index (χ3n) is 9.22. The zero-order valence-electron chi connectivity index (χ0n) is 17.1. The second-order valence-electron chi connectivity index (χ2n) is 10.8. The van der Waals surface area contributed by atoms with Crippen molar-refractivity contribution in [1.29, 1.82) is 5.41 Å². The molecular weight excluding hydrogens is 338 g/mol. The van der Waals surface area contributed by atoms with E-state index in [4.69, 9.17) is 14.9 Å². The Balaban J connectivity index is 1.62. The molecule has 0 radical (unpaired) electrons. The first-order valence-electron chi connectivity index (χ1n) is 10.7. The molecule has 8 atom stereocenters. The fraction of sp³-hybridized carbons (Fsp3) is 0.826. The highest BCUT2D eigenvalue weighted by Gasteiger charge is 2.68. The molecular formula is C23H33NO3. The number of fused-ring (bicyclic) bond motifs is 8. The summed E-state index contributed by atoms with van der Waals surface area (Å²) in [5.41, 5.74) is 1.92. The SMILES string of the molecule is C=C1CC[C@H]2C3[C@H]4OC(C)(C)O[C@@H]4[C@H]4CC(=O)C(=N)C[C@]4(C)[C@H]3CC[C@]12C. The Hall–Kier alpha value is -1.00. The molecule has 0 aromatic rings. The maximum atomic E-state index is 12.4. The quantitative estimate of drug-likeness (QED) is 0.637. The monoisotopic (exact) mass is 371 g/mol. The van der Waals surface area contributed by atoms with Gasteiger partial charge in [-0.05, 0) is 74.5 Å². The van der Waals surface area contributed by atoms with E-state index in [1.165, 1.54) is 18.4 Å². The molecule has 148 valence electrons. The van der Waals surface area contributed by atoms with Crippen LogP contribution >= 0.6 is 0 Å². The second-order valence-corrected chi connectivity index (χ2v) is 10.8. The lowest BCUT2D eigenvalue weighted by Gasteiger charge is -2.62. The largest absolute Gasteiger partial charge is 0.344 e. The minimum atomic E-state index is -0.595. The molecule has 5 rings (SSSR count). The topological polar surface area (TPSA) is 59.4 Å². The Morgan fingerprint density at radius 1 is 1.04 bits per heavy atom. The average molecular weight is 372 g/mol. The number of ketones is 1. The summed E-state index contributed by atoms with van der Waals surface area (Å²) in [4.78, 5) is 12.4. The van der Waals surface area contributed by atoms with Crippen molar-refractivity contribution in [1.82, 2.24) is 0 Å². The maximum Gasteiger partial charge on any atom is 0.176 e. The summed E-state index contributed by atoms with van der Waals surface area (Å²) in [6.45, 7) is 13.2. The van der Waals surface area contributed by atoms with Gasteiger partial charge < -0.3 is 14.9 Å². The summed E-state index contributed by atoms with van der Waals surface area (Å²) < 4.78 is 13.0. The second kappa shape index (κ2) is 5.33. The molecule has 1 unspecified atom stereocenters. The van der Waals surface area contributed by atoms with Crippen molar-refractivity contribution in [2.24, 2.45) is 34.5 Å². The highest BCUT2D eigenvalue weighted by molar-refractivity contribution is 6.39. The van der Waals surface area contributed by atoms with Gasteiger partial charge in [0.05, 0.1) is 17.9 Å². The molecule has 27 heavy (non-hydrogen) atoms. The minimum absolute atomic E-state index is 0.0119. The number of nitrogens with one attached hydrogen (secondary N) is 1. The van der Waals surface area contributed by atoms with Crippen LogP contribution in [0.25, 0.3) is 0 Å². The zero-order chi connectivity index (χ0) is 19.4. The molecule has 0 aromatic heterocycles. The van der Waals surface area contributed by atoms with Crippen LogP contribution in [0.1, 0.15) is 66.2 Å². The van der Waals surface area contributed by atoms with E-state index < -0.39 is 5.79 Å². The van der Waals surface area contributed by atoms with E-state index in [1.54, 1.807) is 0 Å². The minimum Gasteiger partial charge on any atom is -0.344 e. The van der Waals surface area contributed by atoms with Gasteiger partial charge in [0, 0.05) is 12.3 Å². The molecule has 1 heterocycles. The van der Waals surface area contributed by atoms with Crippen molar-refractivity contribution in [3.05, 3.63) is 12.2 Å². The van der Waals surface area contributed by atoms with Gasteiger partial charge in [0.1, 0.15) is 0 Å². The van der Waals surface area contributed by atoms with E-state index in [1.807, 2.05) is 13.8 Å². The first kappa shape index (κ1) is 18.1. The maximum absolute atomic E-state index is 12.4. The highest BCUT2D eigenvalue weighted by Crippen LogP contribution is 2.68. The number of hydrogen-bond acceptors (Lipinski definition) is 4. The normalized spacial score (nSPS) is 53.6. The number of carbonyl (C=O) groups excluding carboxylic acids is 1. The summed E-state index contributed by atoms with van der Waals surface area (Å²) in [7, 11) is 0. The van der Waals surface area contributed by atoms with Crippen molar-refractivity contribution in [3.8, 4) is 0 Å². The predicted molar refractivity (Wildman–Crippen MR) is 104 cm³/mol. The molecule has 0 bridgehead atoms. The molecule has 4 aliphatic carbocycles. The van der Waals surface area contributed by atoms with Crippen molar-refractivity contribution >= 4 is 11.5 Å². The molecule has 0 aromatic carbocycles. The standard InChI is InChI=1S/C23H33NO3/c1-12-6-7-13-18-14(8-9-22(12,13)4)23(5)11-16(24)17(25)10-15(23)19-20(18)27-21(2,3)26-19/h13-15,18-20,24H,1,6-11H2,2-5H3/t13-,14-,15+,18?,19+,20+,22+,23+/m0/s1. The molecule has 4 saturated carbocycles. The van der Waals surface area contributed by atoms with Crippen LogP contribution in [0.5, 0.6) is 0 Å². The molecule has 1 aliphatic heterocycles. The fourth-order valence-corrected chi connectivity index (χ4v) is 7.82. The summed E-state index contributed by atoms with van der Waals surface area (Å²) in [5.74, 6) is 1.11. The fourth-order valence-electron chi connectivity index (χ4n) is 7.82. The number of ether oxygens (including phenoxy) is 2. The van der Waals surface area contributed by atoms with Gasteiger partial charge in [0.15, 0.2) is 11.6 Å². The van der Waals surface area contributed by atoms with Gasteiger partial charge in [-0.15, -0.1) is 0 Å². The van der Waals surface area contributed by atoms with Crippen LogP contribution in [-0.2, 0) is 14.3 Å². The first-order chi connectivity index (χ1) is 12.6. The molecule has 5 aliphatic rings. The third-order valence-corrected chi connectivity index (χ3v) is 9.22. The Bertz CT molecular complexity index is 742. The van der Waals surface area contributed by atoms with Gasteiger partial charge in [-0.3, -0.25) is 4.79 Å². The van der Waals surface area contributed by atoms with Crippen molar-refractivity contribution in [3.63, 3.8) is 0 Å². The van der Waals surface area contributed by atoms with Crippen molar-refractivity contribution in [2.45, 2.75) is 84.2 Å². The zero-order valence-corrected chi connectivity index (χ0v) is 17.1. The summed E-state index contributed by atoms with van der Waals surface area (Å²) in [5, 5.41) is 8.30. The number of hydrogen-bond donors (Lipinski definition) is 1. The molecule has 4 heteroatoms. The predicted octanol–water partition coefficient (Wildman–Crippen LogP) is 4.52. The summed E-state index contributed by atoms with van der Waals surface area (Å²) >= 11 is 0. The highest BCUT2D eigenvalue weighted by atomic mass is 16.8. The molecule has 0 spiro atoms. The Morgan fingerprint density at radius 2 is 1.74 bits per heavy atom. The summed E-state index contributed by atoms with van der Waals surface area (Å²) in [6, 6.07) is 0. The van der Waals surface area contributed by atoms with Crippen LogP contribution in [0, 0.1) is 39.9 Å². The molecule has 5 fully saturated rings. The molecule has 4 nitrogen and oxygen atoms in total. The van der Waals surface area contributed by atoms with Crippen LogP contribution in [0.3, 0.4) is 0 Å². The van der Waals surface area contributed by atoms with Gasteiger partial charge in [-0.25, -0.2) is 0 Å². The average Bonchev–Trinajstić information content (AvgIpc) is 3.06. The van der Waals surface area contributed by atoms with E-state index in [-0.39, 0.29) is 34.7 Å². The number of rotatable bonds is 0. The smallest absolute Gasteiger partial charge is 0.176 e. The number of allylic oxidation sites excluding steroid dienone is 1. The van der Waals surface area contributed by atoms with Gasteiger partial charge in [0.25, 0.3) is 0 Å². The Kier molecular flexibility index (Phi) is 3.56. The lowest BCUT2D eigenvalue weighted by atomic mass is 9.43. The van der Waals surface area contributed by atoms with Gasteiger partial charge in [-0.1, -0.05) is 26.0 Å². The van der Waals surface area contributed by atoms with Crippen LogP contribution in [0.15, 0.2) is 12.2 Å². The lowest BCUT2D eigenvalue weighted by molar-refractivity contribution is -0.165. The van der Waals surface area contributed by atoms with Gasteiger partial charge in [-0.2, -0.15) is 0 Å².